The first-order chi connectivity index (χ1) is 9.67. The van der Waals surface area contributed by atoms with E-state index in [9.17, 15) is 0 Å². The highest BCUT2D eigenvalue weighted by Gasteiger charge is 2.06. The number of nitrogens with zero attached hydrogens (tertiary/aromatic N) is 1. The Labute approximate surface area is 121 Å². The number of nitriles is 1. The van der Waals surface area contributed by atoms with E-state index >= 15 is 0 Å². The summed E-state index contributed by atoms with van der Waals surface area (Å²) in [5.74, 6) is 2.11. The van der Waals surface area contributed by atoms with Crippen LogP contribution in [0.15, 0.2) is 18.2 Å². The van der Waals surface area contributed by atoms with Crippen molar-refractivity contribution in [3.8, 4) is 17.6 Å². The summed E-state index contributed by atoms with van der Waals surface area (Å²) in [6, 6.07) is 8.07. The number of hydrogen-bond donors (Lipinski definition) is 1. The molecule has 0 bridgehead atoms. The molecule has 0 saturated carbocycles. The zero-order valence-corrected chi connectivity index (χ0v) is 12.6. The molecule has 1 N–H and O–H groups in total. The van der Waals surface area contributed by atoms with Crippen LogP contribution in [0.25, 0.3) is 0 Å². The van der Waals surface area contributed by atoms with Crippen molar-refractivity contribution in [2.45, 2.75) is 33.2 Å². The third kappa shape index (κ3) is 5.94. The zero-order valence-electron chi connectivity index (χ0n) is 12.6. The van der Waals surface area contributed by atoms with E-state index in [2.05, 4.69) is 25.2 Å². The number of hydrogen-bond acceptors (Lipinski definition) is 4. The van der Waals surface area contributed by atoms with Gasteiger partial charge in [-0.25, -0.2) is 0 Å². The molecular weight excluding hydrogens is 252 g/mol. The fraction of sp³-hybridized carbons (Fsp3) is 0.562. The van der Waals surface area contributed by atoms with E-state index in [0.29, 0.717) is 18.9 Å². The summed E-state index contributed by atoms with van der Waals surface area (Å²) in [6.45, 7) is 6.71. The summed E-state index contributed by atoms with van der Waals surface area (Å²) in [7, 11) is 1.63. The van der Waals surface area contributed by atoms with Gasteiger partial charge >= 0.3 is 0 Å². The molecule has 1 rings (SSSR count). The van der Waals surface area contributed by atoms with Gasteiger partial charge in [-0.05, 0) is 36.6 Å². The molecule has 0 heterocycles. The second kappa shape index (κ2) is 9.22. The highest BCUT2D eigenvalue weighted by atomic mass is 16.5. The van der Waals surface area contributed by atoms with Crippen LogP contribution in [0.2, 0.25) is 0 Å². The molecule has 110 valence electrons. The normalized spacial score (nSPS) is 10.3. The number of methoxy groups -OCH3 is 1. The molecule has 0 unspecified atom stereocenters. The summed E-state index contributed by atoms with van der Waals surface area (Å²) < 4.78 is 11.0. The molecular formula is C16H24N2O2. The third-order valence-corrected chi connectivity index (χ3v) is 2.80. The summed E-state index contributed by atoms with van der Waals surface area (Å²) in [5.41, 5.74) is 1.17. The van der Waals surface area contributed by atoms with Crippen LogP contribution in [0.1, 0.15) is 32.3 Å². The maximum atomic E-state index is 8.51. The third-order valence-electron chi connectivity index (χ3n) is 2.80. The average Bonchev–Trinajstić information content (AvgIpc) is 2.43. The second-order valence-corrected chi connectivity index (χ2v) is 5.12. The molecule has 0 atom stereocenters. The highest BCUT2D eigenvalue weighted by molar-refractivity contribution is 5.42. The van der Waals surface area contributed by atoms with Gasteiger partial charge in [-0.15, -0.1) is 0 Å². The lowest BCUT2D eigenvalue weighted by molar-refractivity contribution is 0.290. The molecule has 4 nitrogen and oxygen atoms in total. The number of ether oxygens (including phenoxy) is 2. The lowest BCUT2D eigenvalue weighted by atomic mass is 10.2. The van der Waals surface area contributed by atoms with E-state index in [1.807, 2.05) is 18.2 Å². The van der Waals surface area contributed by atoms with Gasteiger partial charge in [0.15, 0.2) is 11.5 Å². The van der Waals surface area contributed by atoms with Gasteiger partial charge in [0.1, 0.15) is 0 Å². The summed E-state index contributed by atoms with van der Waals surface area (Å²) in [5, 5.41) is 11.9. The van der Waals surface area contributed by atoms with Crippen LogP contribution in [-0.4, -0.2) is 20.3 Å². The zero-order chi connectivity index (χ0) is 14.8. The molecule has 1 aromatic rings. The predicted molar refractivity (Wildman–Crippen MR) is 79.9 cm³/mol. The Morgan fingerprint density at radius 1 is 1.30 bits per heavy atom. The lowest BCUT2D eigenvalue weighted by Crippen LogP contribution is -2.18. The van der Waals surface area contributed by atoms with Crippen LogP contribution in [-0.2, 0) is 6.54 Å². The average molecular weight is 276 g/mol. The van der Waals surface area contributed by atoms with Gasteiger partial charge in [-0.2, -0.15) is 5.26 Å². The van der Waals surface area contributed by atoms with Gasteiger partial charge in [0, 0.05) is 13.0 Å². The molecule has 0 fully saturated rings. The maximum absolute atomic E-state index is 8.51. The van der Waals surface area contributed by atoms with Crippen LogP contribution in [0.5, 0.6) is 11.5 Å². The van der Waals surface area contributed by atoms with Gasteiger partial charge in [0.25, 0.3) is 0 Å². The molecule has 4 heteroatoms. The van der Waals surface area contributed by atoms with Crippen molar-refractivity contribution in [1.29, 1.82) is 5.26 Å². The van der Waals surface area contributed by atoms with Crippen molar-refractivity contribution < 1.29 is 9.47 Å². The van der Waals surface area contributed by atoms with E-state index in [-0.39, 0.29) is 0 Å². The van der Waals surface area contributed by atoms with E-state index in [1.54, 1.807) is 7.11 Å². The molecule has 0 spiro atoms. The SMILES string of the molecule is COc1ccc(CNCC(C)C)cc1OCCCC#N. The van der Waals surface area contributed by atoms with E-state index in [0.717, 1.165) is 31.0 Å². The Balaban J connectivity index is 2.58. The first kappa shape index (κ1) is 16.3. The molecule has 0 saturated heterocycles. The molecule has 0 radical (unpaired) electrons. The Morgan fingerprint density at radius 3 is 2.75 bits per heavy atom. The van der Waals surface area contributed by atoms with E-state index in [4.69, 9.17) is 14.7 Å². The van der Waals surface area contributed by atoms with Gasteiger partial charge in [-0.1, -0.05) is 19.9 Å². The topological polar surface area (TPSA) is 54.3 Å². The number of unbranched alkanes of at least 4 members (excludes halogenated alkanes) is 1. The minimum absolute atomic E-state index is 0.512. The largest absolute Gasteiger partial charge is 0.493 e. The number of benzene rings is 1. The van der Waals surface area contributed by atoms with Crippen molar-refractivity contribution in [3.05, 3.63) is 23.8 Å². The fourth-order valence-corrected chi connectivity index (χ4v) is 1.78. The maximum Gasteiger partial charge on any atom is 0.161 e. The van der Waals surface area contributed by atoms with Crippen molar-refractivity contribution in [1.82, 2.24) is 5.32 Å². The van der Waals surface area contributed by atoms with Gasteiger partial charge in [-0.3, -0.25) is 0 Å². The molecule has 0 amide bonds. The molecule has 0 aromatic heterocycles. The molecule has 0 aliphatic heterocycles. The van der Waals surface area contributed by atoms with Crippen molar-refractivity contribution >= 4 is 0 Å². The Kier molecular flexibility index (Phi) is 7.52. The number of rotatable bonds is 9. The first-order valence-corrected chi connectivity index (χ1v) is 7.04. The predicted octanol–water partition coefficient (Wildman–Crippen LogP) is 3.12. The van der Waals surface area contributed by atoms with Gasteiger partial charge in [0.05, 0.1) is 19.8 Å². The van der Waals surface area contributed by atoms with E-state index in [1.165, 1.54) is 5.56 Å². The standard InChI is InChI=1S/C16H24N2O2/c1-13(2)11-18-12-14-6-7-15(19-3)16(10-14)20-9-5-4-8-17/h6-7,10,13,18H,4-5,9,11-12H2,1-3H3. The second-order valence-electron chi connectivity index (χ2n) is 5.12. The van der Waals surface area contributed by atoms with Crippen LogP contribution in [0.4, 0.5) is 0 Å². The van der Waals surface area contributed by atoms with Crippen LogP contribution in [0.3, 0.4) is 0 Å². The summed E-state index contributed by atoms with van der Waals surface area (Å²) in [4.78, 5) is 0. The van der Waals surface area contributed by atoms with Crippen molar-refractivity contribution in [3.63, 3.8) is 0 Å². The monoisotopic (exact) mass is 276 g/mol. The first-order valence-electron chi connectivity index (χ1n) is 7.04. The summed E-state index contributed by atoms with van der Waals surface area (Å²) in [6.07, 6.45) is 1.24. The highest BCUT2D eigenvalue weighted by Crippen LogP contribution is 2.28. The minimum Gasteiger partial charge on any atom is -0.493 e. The fourth-order valence-electron chi connectivity index (χ4n) is 1.78. The Bertz CT molecular complexity index is 439. The Hall–Kier alpha value is -1.73. The summed E-state index contributed by atoms with van der Waals surface area (Å²) >= 11 is 0. The van der Waals surface area contributed by atoms with Crippen LogP contribution < -0.4 is 14.8 Å². The molecule has 1 aromatic carbocycles. The molecule has 0 aliphatic carbocycles. The van der Waals surface area contributed by atoms with Crippen molar-refractivity contribution in [2.24, 2.45) is 5.92 Å². The smallest absolute Gasteiger partial charge is 0.161 e. The molecule has 20 heavy (non-hydrogen) atoms. The van der Waals surface area contributed by atoms with Gasteiger partial charge < -0.3 is 14.8 Å². The van der Waals surface area contributed by atoms with Crippen LogP contribution in [0, 0.1) is 17.2 Å². The van der Waals surface area contributed by atoms with Crippen molar-refractivity contribution in [2.75, 3.05) is 20.3 Å². The minimum atomic E-state index is 0.512. The van der Waals surface area contributed by atoms with E-state index < -0.39 is 0 Å². The van der Waals surface area contributed by atoms with Crippen LogP contribution >= 0.6 is 0 Å². The Morgan fingerprint density at radius 2 is 2.10 bits per heavy atom. The lowest BCUT2D eigenvalue weighted by Gasteiger charge is -2.13. The van der Waals surface area contributed by atoms with Gasteiger partial charge in [0.2, 0.25) is 0 Å². The quantitative estimate of drug-likeness (QED) is 0.704. The number of nitrogens with one attached hydrogen (secondary N) is 1. The molecule has 0 aliphatic rings.